The zero-order valence-corrected chi connectivity index (χ0v) is 16.3. The highest BCUT2D eigenvalue weighted by Gasteiger charge is 2.08. The summed E-state index contributed by atoms with van der Waals surface area (Å²) in [5.41, 5.74) is 4.17. The molecule has 0 saturated heterocycles. The molecule has 0 spiro atoms. The van der Waals surface area contributed by atoms with Crippen molar-refractivity contribution >= 4 is 12.4 Å². The molecule has 148 valence electrons. The largest absolute Gasteiger partial charge is 0.394 e. The van der Waals surface area contributed by atoms with E-state index in [9.17, 15) is 4.79 Å². The Balaban J connectivity index is -0.000000247. The molecule has 1 atom stereocenters. The molecule has 0 bridgehead atoms. The van der Waals surface area contributed by atoms with Crippen molar-refractivity contribution < 1.29 is 19.8 Å². The van der Waals surface area contributed by atoms with E-state index in [2.05, 4.69) is 28.6 Å². The van der Waals surface area contributed by atoms with E-state index in [0.717, 1.165) is 19.3 Å². The first-order valence-corrected chi connectivity index (χ1v) is 8.64. The average Bonchev–Trinajstić information content (AvgIpc) is 2.63. The van der Waals surface area contributed by atoms with Crippen molar-refractivity contribution in [3.05, 3.63) is 0 Å². The number of amides is 3. The molecule has 0 fully saturated rings. The van der Waals surface area contributed by atoms with Crippen LogP contribution in [0.15, 0.2) is 0 Å². The van der Waals surface area contributed by atoms with Crippen LogP contribution in [0.25, 0.3) is 0 Å². The van der Waals surface area contributed by atoms with Crippen LogP contribution in [0.3, 0.4) is 0 Å². The highest BCUT2D eigenvalue weighted by molar-refractivity contribution is 5.74. The number of aliphatic hydroxyl groups excluding tert-OH is 2. The fourth-order valence-electron chi connectivity index (χ4n) is 1.31. The molecule has 0 saturated carbocycles. The zero-order chi connectivity index (χ0) is 19.8. The highest BCUT2D eigenvalue weighted by atomic mass is 16.3. The molecular weight excluding hydrogens is 312 g/mol. The lowest BCUT2D eigenvalue weighted by Crippen LogP contribution is -2.45. The number of hydrogen-bond acceptors (Lipinski definition) is 5. The Bertz CT molecular complexity index is 240. The number of nitrogens with two attached hydrogens (primary N) is 1. The van der Waals surface area contributed by atoms with Gasteiger partial charge >= 0.3 is 6.03 Å². The van der Waals surface area contributed by atoms with Crippen LogP contribution < -0.4 is 21.7 Å². The van der Waals surface area contributed by atoms with Crippen molar-refractivity contribution in [3.8, 4) is 0 Å². The van der Waals surface area contributed by atoms with Gasteiger partial charge in [0.25, 0.3) is 0 Å². The minimum absolute atomic E-state index is 0.250. The van der Waals surface area contributed by atoms with Crippen LogP contribution in [-0.4, -0.2) is 61.5 Å². The summed E-state index contributed by atoms with van der Waals surface area (Å²) in [5.74, 6) is 0. The Kier molecular flexibility index (Phi) is 37.6. The molecule has 0 aromatic heterocycles. The molecule has 0 aliphatic carbocycles. The molecule has 0 heterocycles. The smallest absolute Gasteiger partial charge is 0.315 e. The summed E-state index contributed by atoms with van der Waals surface area (Å²) in [5, 5.41) is 25.8. The first-order valence-electron chi connectivity index (χ1n) is 8.64. The lowest BCUT2D eigenvalue weighted by atomic mass is 10.1. The van der Waals surface area contributed by atoms with E-state index >= 15 is 0 Å². The number of urea groups is 1. The number of primary amides is 1. The summed E-state index contributed by atoms with van der Waals surface area (Å²) in [4.78, 5) is 19.9. The molecule has 0 rings (SSSR count). The summed E-state index contributed by atoms with van der Waals surface area (Å²) in [6.07, 6.45) is 3.30. The minimum atomic E-state index is -0.584. The second-order valence-corrected chi connectivity index (χ2v) is 4.28. The molecule has 3 amide bonds. The monoisotopic (exact) mass is 352 g/mol. The molecular formula is C16H40N4O4. The van der Waals surface area contributed by atoms with Gasteiger partial charge in [-0.05, 0) is 26.8 Å². The SMILES string of the molecule is CC.CC.CNC(C)CCCCNC(=O)NC(CO)CO.NC=O. The number of carbonyl (C=O) groups is 2. The van der Waals surface area contributed by atoms with Gasteiger partial charge in [-0.3, -0.25) is 4.79 Å². The first kappa shape index (κ1) is 30.5. The molecule has 0 aromatic rings. The molecule has 24 heavy (non-hydrogen) atoms. The van der Waals surface area contributed by atoms with Gasteiger partial charge in [0, 0.05) is 12.6 Å². The predicted molar refractivity (Wildman–Crippen MR) is 99.8 cm³/mol. The summed E-state index contributed by atoms with van der Waals surface area (Å²) < 4.78 is 0. The Morgan fingerprint density at radius 3 is 1.96 bits per heavy atom. The summed E-state index contributed by atoms with van der Waals surface area (Å²) in [6.45, 7) is 10.2. The third kappa shape index (κ3) is 28.7. The molecule has 0 radical (unpaired) electrons. The van der Waals surface area contributed by atoms with Crippen LogP contribution in [0, 0.1) is 0 Å². The van der Waals surface area contributed by atoms with E-state index in [1.807, 2.05) is 34.7 Å². The van der Waals surface area contributed by atoms with Gasteiger partial charge in [-0.2, -0.15) is 0 Å². The van der Waals surface area contributed by atoms with E-state index in [4.69, 9.17) is 15.0 Å². The van der Waals surface area contributed by atoms with Crippen LogP contribution >= 0.6 is 0 Å². The Hall–Kier alpha value is -1.38. The molecule has 8 nitrogen and oxygen atoms in total. The van der Waals surface area contributed by atoms with Crippen molar-refractivity contribution in [3.63, 3.8) is 0 Å². The minimum Gasteiger partial charge on any atom is -0.394 e. The Labute approximate surface area is 147 Å². The van der Waals surface area contributed by atoms with E-state index in [1.54, 1.807) is 0 Å². The fraction of sp³-hybridized carbons (Fsp3) is 0.875. The molecule has 0 aliphatic heterocycles. The quantitative estimate of drug-likeness (QED) is 0.266. The van der Waals surface area contributed by atoms with Crippen LogP contribution in [0.5, 0.6) is 0 Å². The van der Waals surface area contributed by atoms with Crippen molar-refractivity contribution in [1.29, 1.82) is 0 Å². The van der Waals surface area contributed by atoms with Gasteiger partial charge in [0.05, 0.1) is 19.3 Å². The lowest BCUT2D eigenvalue weighted by molar-refractivity contribution is -0.106. The van der Waals surface area contributed by atoms with Gasteiger partial charge in [0.1, 0.15) is 0 Å². The van der Waals surface area contributed by atoms with E-state index in [0.29, 0.717) is 12.6 Å². The zero-order valence-electron chi connectivity index (χ0n) is 16.3. The molecule has 7 N–H and O–H groups in total. The third-order valence-electron chi connectivity index (χ3n) is 2.62. The first-order chi connectivity index (χ1) is 11.5. The molecule has 1 unspecified atom stereocenters. The van der Waals surface area contributed by atoms with Crippen molar-refractivity contribution in [1.82, 2.24) is 16.0 Å². The Morgan fingerprint density at radius 1 is 1.12 bits per heavy atom. The van der Waals surface area contributed by atoms with Gasteiger partial charge in [0.2, 0.25) is 6.41 Å². The van der Waals surface area contributed by atoms with Gasteiger partial charge in [-0.25, -0.2) is 4.79 Å². The number of hydrogen-bond donors (Lipinski definition) is 6. The topological polar surface area (TPSA) is 137 Å². The average molecular weight is 353 g/mol. The van der Waals surface area contributed by atoms with Crippen LogP contribution in [-0.2, 0) is 4.79 Å². The normalized spacial score (nSPS) is 9.88. The van der Waals surface area contributed by atoms with Crippen LogP contribution in [0.4, 0.5) is 4.79 Å². The summed E-state index contributed by atoms with van der Waals surface area (Å²) in [6, 6.07) is -0.434. The number of carbonyl (C=O) groups excluding carboxylic acids is 2. The molecule has 0 aromatic carbocycles. The number of unbranched alkanes of at least 4 members (excludes halogenated alkanes) is 1. The highest BCUT2D eigenvalue weighted by Crippen LogP contribution is 1.98. The number of rotatable bonds is 9. The standard InChI is InChI=1S/C11H25N3O3.2C2H6.CH3NO/c1-9(12-2)5-3-4-6-13-11(17)14-10(7-15)8-16;2*1-2;2-1-3/h9-10,12,15-16H,3-8H2,1-2H3,(H2,13,14,17);2*1-2H3;1H,(H2,2,3). The van der Waals surface area contributed by atoms with Crippen molar-refractivity contribution in [2.75, 3.05) is 26.8 Å². The maximum Gasteiger partial charge on any atom is 0.315 e. The van der Waals surface area contributed by atoms with Crippen molar-refractivity contribution in [2.45, 2.75) is 66.0 Å². The lowest BCUT2D eigenvalue weighted by Gasteiger charge is -2.14. The maximum absolute atomic E-state index is 11.3. The maximum atomic E-state index is 11.3. The number of aliphatic hydroxyl groups is 2. The summed E-state index contributed by atoms with van der Waals surface area (Å²) >= 11 is 0. The number of nitrogens with one attached hydrogen (secondary N) is 3. The van der Waals surface area contributed by atoms with Gasteiger partial charge in [-0.15, -0.1) is 0 Å². The molecule has 8 heteroatoms. The fourth-order valence-corrected chi connectivity index (χ4v) is 1.31. The third-order valence-corrected chi connectivity index (χ3v) is 2.62. The molecule has 0 aliphatic rings. The van der Waals surface area contributed by atoms with Gasteiger partial charge in [-0.1, -0.05) is 34.1 Å². The Morgan fingerprint density at radius 2 is 1.58 bits per heavy atom. The van der Waals surface area contributed by atoms with Crippen molar-refractivity contribution in [2.24, 2.45) is 5.73 Å². The predicted octanol–water partition coefficient (Wildman–Crippen LogP) is 0.571. The van der Waals surface area contributed by atoms with Crippen LogP contribution in [0.2, 0.25) is 0 Å². The van der Waals surface area contributed by atoms with Gasteiger partial charge in [0.15, 0.2) is 0 Å². The van der Waals surface area contributed by atoms with E-state index in [1.165, 1.54) is 0 Å². The second-order valence-electron chi connectivity index (χ2n) is 4.28. The second kappa shape index (κ2) is 29.6. The van der Waals surface area contributed by atoms with E-state index in [-0.39, 0.29) is 25.7 Å². The van der Waals surface area contributed by atoms with Gasteiger partial charge < -0.3 is 31.9 Å². The summed E-state index contributed by atoms with van der Waals surface area (Å²) in [7, 11) is 1.93. The van der Waals surface area contributed by atoms with Crippen LogP contribution in [0.1, 0.15) is 53.9 Å². The van der Waals surface area contributed by atoms with E-state index < -0.39 is 6.04 Å².